The molecule has 0 bridgehead atoms. The Morgan fingerprint density at radius 3 is 2.74 bits per heavy atom. The fraction of sp³-hybridized carbons (Fsp3) is 0.588. The average molecular weight is 340 g/mol. The lowest BCUT2D eigenvalue weighted by atomic mass is 10.0. The number of ether oxygens (including phenoxy) is 1. The van der Waals surface area contributed by atoms with Gasteiger partial charge in [0.25, 0.3) is 0 Å². The molecule has 0 radical (unpaired) electrons. The monoisotopic (exact) mass is 339 g/mol. The fourth-order valence-corrected chi connectivity index (χ4v) is 2.99. The van der Waals surface area contributed by atoms with Crippen LogP contribution in [0.15, 0.2) is 24.3 Å². The van der Waals surface area contributed by atoms with Gasteiger partial charge in [0, 0.05) is 36.4 Å². The molecular weight excluding hydrogens is 314 g/mol. The van der Waals surface area contributed by atoms with E-state index >= 15 is 0 Å². The smallest absolute Gasteiger partial charge is 0.319 e. The fourth-order valence-electron chi connectivity index (χ4n) is 2.80. The van der Waals surface area contributed by atoms with E-state index in [9.17, 15) is 4.79 Å². The molecule has 1 aliphatic heterocycles. The summed E-state index contributed by atoms with van der Waals surface area (Å²) in [6.45, 7) is 8.43. The SMILES string of the molecule is CC(C)CC(CNC(=O)Nc1cccc(Cl)c1)N1CCOCC1. The zero-order valence-electron chi connectivity index (χ0n) is 13.8. The number of carbonyl (C=O) groups excluding carboxylic acids is 1. The predicted molar refractivity (Wildman–Crippen MR) is 94.1 cm³/mol. The second-order valence-corrected chi connectivity index (χ2v) is 6.71. The second-order valence-electron chi connectivity index (χ2n) is 6.28. The van der Waals surface area contributed by atoms with E-state index in [-0.39, 0.29) is 6.03 Å². The minimum Gasteiger partial charge on any atom is -0.379 e. The number of anilines is 1. The first-order chi connectivity index (χ1) is 11.0. The average Bonchev–Trinajstić information content (AvgIpc) is 2.52. The maximum Gasteiger partial charge on any atom is 0.319 e. The molecule has 5 nitrogen and oxygen atoms in total. The molecule has 1 saturated heterocycles. The molecule has 1 atom stereocenters. The predicted octanol–water partition coefficient (Wildman–Crippen LogP) is 3.21. The molecule has 2 rings (SSSR count). The highest BCUT2D eigenvalue weighted by atomic mass is 35.5. The highest BCUT2D eigenvalue weighted by Crippen LogP contribution is 2.15. The third kappa shape index (κ3) is 6.37. The molecule has 1 fully saturated rings. The number of rotatable bonds is 6. The first-order valence-corrected chi connectivity index (χ1v) is 8.54. The van der Waals surface area contributed by atoms with Gasteiger partial charge in [-0.3, -0.25) is 4.90 Å². The number of halogens is 1. The lowest BCUT2D eigenvalue weighted by molar-refractivity contribution is 0.0130. The van der Waals surface area contributed by atoms with Crippen molar-refractivity contribution in [3.63, 3.8) is 0 Å². The number of benzene rings is 1. The van der Waals surface area contributed by atoms with Crippen LogP contribution in [-0.4, -0.2) is 49.8 Å². The van der Waals surface area contributed by atoms with E-state index in [1.807, 2.05) is 12.1 Å². The van der Waals surface area contributed by atoms with Gasteiger partial charge >= 0.3 is 6.03 Å². The van der Waals surface area contributed by atoms with Crippen molar-refractivity contribution in [2.45, 2.75) is 26.3 Å². The van der Waals surface area contributed by atoms with E-state index < -0.39 is 0 Å². The van der Waals surface area contributed by atoms with Gasteiger partial charge in [0.15, 0.2) is 0 Å². The van der Waals surface area contributed by atoms with Gasteiger partial charge in [0.05, 0.1) is 13.2 Å². The Morgan fingerprint density at radius 2 is 2.09 bits per heavy atom. The molecule has 1 aromatic rings. The number of amides is 2. The van der Waals surface area contributed by atoms with E-state index in [2.05, 4.69) is 29.4 Å². The lowest BCUT2D eigenvalue weighted by Gasteiger charge is -2.35. The summed E-state index contributed by atoms with van der Waals surface area (Å²) in [6, 6.07) is 7.28. The van der Waals surface area contributed by atoms with Gasteiger partial charge in [-0.05, 0) is 30.5 Å². The zero-order valence-corrected chi connectivity index (χ0v) is 14.6. The third-order valence-electron chi connectivity index (χ3n) is 3.89. The molecule has 1 heterocycles. The van der Waals surface area contributed by atoms with Gasteiger partial charge in [-0.25, -0.2) is 4.79 Å². The zero-order chi connectivity index (χ0) is 16.7. The molecule has 1 aromatic carbocycles. The van der Waals surface area contributed by atoms with Gasteiger partial charge < -0.3 is 15.4 Å². The van der Waals surface area contributed by atoms with Crippen molar-refractivity contribution in [1.82, 2.24) is 10.2 Å². The molecule has 2 amide bonds. The highest BCUT2D eigenvalue weighted by molar-refractivity contribution is 6.30. The van der Waals surface area contributed by atoms with Gasteiger partial charge in [-0.15, -0.1) is 0 Å². The van der Waals surface area contributed by atoms with Crippen LogP contribution in [0.25, 0.3) is 0 Å². The van der Waals surface area contributed by atoms with Crippen molar-refractivity contribution >= 4 is 23.3 Å². The van der Waals surface area contributed by atoms with E-state index in [0.717, 1.165) is 32.7 Å². The van der Waals surface area contributed by atoms with E-state index in [4.69, 9.17) is 16.3 Å². The molecule has 0 spiro atoms. The molecule has 0 saturated carbocycles. The van der Waals surface area contributed by atoms with Crippen LogP contribution in [0.2, 0.25) is 5.02 Å². The van der Waals surface area contributed by atoms with Crippen LogP contribution in [0.5, 0.6) is 0 Å². The summed E-state index contributed by atoms with van der Waals surface area (Å²) >= 11 is 5.92. The van der Waals surface area contributed by atoms with Crippen LogP contribution in [-0.2, 0) is 4.74 Å². The topological polar surface area (TPSA) is 53.6 Å². The summed E-state index contributed by atoms with van der Waals surface area (Å²) in [7, 11) is 0. The van der Waals surface area contributed by atoms with E-state index in [0.29, 0.717) is 29.2 Å². The molecule has 23 heavy (non-hydrogen) atoms. The Hall–Kier alpha value is -1.30. The number of morpholine rings is 1. The van der Waals surface area contributed by atoms with Crippen molar-refractivity contribution in [2.75, 3.05) is 38.2 Å². The summed E-state index contributed by atoms with van der Waals surface area (Å²) < 4.78 is 5.42. The van der Waals surface area contributed by atoms with Crippen molar-refractivity contribution in [3.05, 3.63) is 29.3 Å². The number of carbonyl (C=O) groups is 1. The summed E-state index contributed by atoms with van der Waals surface area (Å²) in [5.74, 6) is 0.584. The molecule has 0 aromatic heterocycles. The van der Waals surface area contributed by atoms with Gasteiger partial charge in [-0.1, -0.05) is 31.5 Å². The Kier molecular flexibility index (Phi) is 7.15. The molecule has 128 valence electrons. The number of urea groups is 1. The van der Waals surface area contributed by atoms with Gasteiger partial charge in [0.1, 0.15) is 0 Å². The largest absolute Gasteiger partial charge is 0.379 e. The van der Waals surface area contributed by atoms with Crippen molar-refractivity contribution in [3.8, 4) is 0 Å². The third-order valence-corrected chi connectivity index (χ3v) is 4.12. The Labute approximate surface area is 143 Å². The molecule has 6 heteroatoms. The standard InChI is InChI=1S/C17H26ClN3O2/c1-13(2)10-16(21-6-8-23-9-7-21)12-19-17(22)20-15-5-3-4-14(18)11-15/h3-5,11,13,16H,6-10,12H2,1-2H3,(H2,19,20,22). The van der Waals surface area contributed by atoms with E-state index in [1.54, 1.807) is 12.1 Å². The van der Waals surface area contributed by atoms with Crippen molar-refractivity contribution in [1.29, 1.82) is 0 Å². The molecular formula is C17H26ClN3O2. The Bertz CT molecular complexity index is 504. The minimum absolute atomic E-state index is 0.200. The van der Waals surface area contributed by atoms with Gasteiger partial charge in [0.2, 0.25) is 0 Å². The Balaban J connectivity index is 1.85. The normalized spacial score (nSPS) is 17.0. The second kappa shape index (κ2) is 9.11. The number of nitrogens with one attached hydrogen (secondary N) is 2. The van der Waals surface area contributed by atoms with Crippen LogP contribution in [0.3, 0.4) is 0 Å². The summed E-state index contributed by atoms with van der Waals surface area (Å²) in [5, 5.41) is 6.40. The van der Waals surface area contributed by atoms with Crippen LogP contribution < -0.4 is 10.6 Å². The minimum atomic E-state index is -0.200. The summed E-state index contributed by atoms with van der Waals surface area (Å²) in [4.78, 5) is 14.5. The van der Waals surface area contributed by atoms with Crippen molar-refractivity contribution < 1.29 is 9.53 Å². The van der Waals surface area contributed by atoms with Crippen LogP contribution in [0, 0.1) is 5.92 Å². The number of nitrogens with zero attached hydrogens (tertiary/aromatic N) is 1. The summed E-state index contributed by atoms with van der Waals surface area (Å²) in [5.41, 5.74) is 0.696. The molecule has 1 unspecified atom stereocenters. The first kappa shape index (κ1) is 18.0. The van der Waals surface area contributed by atoms with Crippen LogP contribution in [0.4, 0.5) is 10.5 Å². The molecule has 1 aliphatic rings. The summed E-state index contributed by atoms with van der Waals surface area (Å²) in [6.07, 6.45) is 1.05. The van der Waals surface area contributed by atoms with Gasteiger partial charge in [-0.2, -0.15) is 0 Å². The molecule has 2 N–H and O–H groups in total. The first-order valence-electron chi connectivity index (χ1n) is 8.17. The van der Waals surface area contributed by atoms with Crippen LogP contribution >= 0.6 is 11.6 Å². The number of hydrogen-bond acceptors (Lipinski definition) is 3. The number of hydrogen-bond donors (Lipinski definition) is 2. The quantitative estimate of drug-likeness (QED) is 0.836. The lowest BCUT2D eigenvalue weighted by Crippen LogP contribution is -2.49. The maximum absolute atomic E-state index is 12.1. The Morgan fingerprint density at radius 1 is 1.35 bits per heavy atom. The molecule has 0 aliphatic carbocycles. The van der Waals surface area contributed by atoms with Crippen molar-refractivity contribution in [2.24, 2.45) is 5.92 Å². The van der Waals surface area contributed by atoms with E-state index in [1.165, 1.54) is 0 Å². The maximum atomic E-state index is 12.1. The highest BCUT2D eigenvalue weighted by Gasteiger charge is 2.22. The van der Waals surface area contributed by atoms with Crippen LogP contribution in [0.1, 0.15) is 20.3 Å².